The number of benzene rings is 1. The zero-order valence-corrected chi connectivity index (χ0v) is 11.1. The van der Waals surface area contributed by atoms with Crippen LogP contribution in [0.4, 0.5) is 0 Å². The van der Waals surface area contributed by atoms with Gasteiger partial charge in [-0.25, -0.2) is 4.79 Å². The van der Waals surface area contributed by atoms with Crippen molar-refractivity contribution in [3.8, 4) is 5.75 Å². The van der Waals surface area contributed by atoms with Crippen molar-refractivity contribution in [2.45, 2.75) is 45.1 Å². The molecule has 18 heavy (non-hydrogen) atoms. The minimum Gasteiger partial charge on any atom is -0.482 e. The Morgan fingerprint density at radius 1 is 1.33 bits per heavy atom. The molecule has 0 aromatic heterocycles. The van der Waals surface area contributed by atoms with E-state index in [9.17, 15) is 4.79 Å². The monoisotopic (exact) mass is 248 g/mol. The van der Waals surface area contributed by atoms with E-state index in [-0.39, 0.29) is 18.2 Å². The van der Waals surface area contributed by atoms with Crippen molar-refractivity contribution in [3.63, 3.8) is 0 Å². The van der Waals surface area contributed by atoms with Gasteiger partial charge in [-0.05, 0) is 57.2 Å². The number of carbonyl (C=O) groups is 1. The molecule has 1 fully saturated rings. The second-order valence-corrected chi connectivity index (χ2v) is 5.24. The average Bonchev–Trinajstić information content (AvgIpc) is 2.73. The summed E-state index contributed by atoms with van der Waals surface area (Å²) >= 11 is 0. The van der Waals surface area contributed by atoms with Crippen LogP contribution in [-0.4, -0.2) is 18.2 Å². The van der Waals surface area contributed by atoms with E-state index in [4.69, 9.17) is 9.47 Å². The molecular weight excluding hydrogens is 228 g/mol. The van der Waals surface area contributed by atoms with Gasteiger partial charge in [-0.3, -0.25) is 0 Å². The Balaban J connectivity index is 1.81. The van der Waals surface area contributed by atoms with Gasteiger partial charge in [0.15, 0.2) is 6.61 Å². The van der Waals surface area contributed by atoms with Gasteiger partial charge < -0.3 is 9.47 Å². The number of hydrogen-bond acceptors (Lipinski definition) is 3. The molecule has 0 saturated heterocycles. The molecule has 3 nitrogen and oxygen atoms in total. The Labute approximate surface area is 108 Å². The summed E-state index contributed by atoms with van der Waals surface area (Å²) in [5.74, 6) is 0.435. The predicted octanol–water partition coefficient (Wildman–Crippen LogP) is 3.25. The van der Waals surface area contributed by atoms with Crippen molar-refractivity contribution >= 4 is 5.97 Å². The van der Waals surface area contributed by atoms with Crippen LogP contribution in [0.1, 0.15) is 38.2 Å². The lowest BCUT2D eigenvalue weighted by atomic mass is 10.1. The molecule has 0 amide bonds. The molecular formula is C15H20O3. The molecule has 1 aromatic carbocycles. The van der Waals surface area contributed by atoms with Crippen molar-refractivity contribution in [3.05, 3.63) is 29.8 Å². The van der Waals surface area contributed by atoms with Gasteiger partial charge >= 0.3 is 5.97 Å². The van der Waals surface area contributed by atoms with Gasteiger partial charge in [-0.15, -0.1) is 0 Å². The summed E-state index contributed by atoms with van der Waals surface area (Å²) in [5.41, 5.74) is 0.844. The molecule has 0 N–H and O–H groups in total. The molecule has 0 aliphatic heterocycles. The Bertz CT molecular complexity index is 420. The van der Waals surface area contributed by atoms with Gasteiger partial charge in [0, 0.05) is 0 Å². The lowest BCUT2D eigenvalue weighted by Gasteiger charge is -2.23. The molecule has 0 bridgehead atoms. The molecule has 1 aliphatic carbocycles. The van der Waals surface area contributed by atoms with Crippen LogP contribution >= 0.6 is 0 Å². The molecule has 1 aromatic rings. The number of esters is 1. The van der Waals surface area contributed by atoms with E-state index >= 15 is 0 Å². The average molecular weight is 248 g/mol. The van der Waals surface area contributed by atoms with Crippen molar-refractivity contribution in [1.29, 1.82) is 0 Å². The second kappa shape index (κ2) is 5.42. The summed E-state index contributed by atoms with van der Waals surface area (Å²) in [7, 11) is 0. The van der Waals surface area contributed by atoms with Crippen LogP contribution < -0.4 is 4.74 Å². The highest BCUT2D eigenvalue weighted by Crippen LogP contribution is 2.32. The number of carbonyl (C=O) groups excluding carboxylic acids is 1. The Kier molecular flexibility index (Phi) is 3.90. The quantitative estimate of drug-likeness (QED) is 0.767. The first-order valence-electron chi connectivity index (χ1n) is 6.49. The van der Waals surface area contributed by atoms with Crippen molar-refractivity contribution in [2.75, 3.05) is 6.61 Å². The van der Waals surface area contributed by atoms with E-state index in [1.165, 1.54) is 0 Å². The fourth-order valence-corrected chi connectivity index (χ4v) is 2.38. The van der Waals surface area contributed by atoms with E-state index in [1.54, 1.807) is 0 Å². The largest absolute Gasteiger partial charge is 0.482 e. The third kappa shape index (κ3) is 3.49. The van der Waals surface area contributed by atoms with Gasteiger partial charge in [0.05, 0.1) is 0 Å². The van der Waals surface area contributed by atoms with Crippen LogP contribution in [0.2, 0.25) is 0 Å². The zero-order valence-electron chi connectivity index (χ0n) is 11.1. The van der Waals surface area contributed by atoms with E-state index in [2.05, 4.69) is 0 Å². The van der Waals surface area contributed by atoms with Gasteiger partial charge in [0.25, 0.3) is 0 Å². The maximum absolute atomic E-state index is 11.7. The molecule has 0 radical (unpaired) electrons. The second-order valence-electron chi connectivity index (χ2n) is 5.24. The highest BCUT2D eigenvalue weighted by atomic mass is 16.6. The summed E-state index contributed by atoms with van der Waals surface area (Å²) in [5, 5.41) is 0. The summed E-state index contributed by atoms with van der Waals surface area (Å²) in [6.45, 7) is 3.98. The molecule has 2 rings (SSSR count). The van der Waals surface area contributed by atoms with Gasteiger partial charge in [-0.2, -0.15) is 0 Å². The van der Waals surface area contributed by atoms with Crippen molar-refractivity contribution in [1.82, 2.24) is 0 Å². The fourth-order valence-electron chi connectivity index (χ4n) is 2.38. The van der Waals surface area contributed by atoms with Crippen molar-refractivity contribution < 1.29 is 14.3 Å². The minimum atomic E-state index is -0.277. The third-order valence-electron chi connectivity index (χ3n) is 3.37. The Hall–Kier alpha value is -1.51. The maximum atomic E-state index is 11.7. The first kappa shape index (κ1) is 12.9. The molecule has 3 heteroatoms. The molecule has 0 spiro atoms. The smallest absolute Gasteiger partial charge is 0.344 e. The van der Waals surface area contributed by atoms with Crippen molar-refractivity contribution in [2.24, 2.45) is 0 Å². The first-order chi connectivity index (χ1) is 8.57. The summed E-state index contributed by atoms with van der Waals surface area (Å²) in [6.07, 6.45) is 4.21. The van der Waals surface area contributed by atoms with E-state index in [0.717, 1.165) is 31.2 Å². The normalized spacial score (nSPS) is 17.4. The summed E-state index contributed by atoms with van der Waals surface area (Å²) < 4.78 is 10.9. The maximum Gasteiger partial charge on any atom is 0.344 e. The fraction of sp³-hybridized carbons (Fsp3) is 0.533. The minimum absolute atomic E-state index is 0.0148. The molecule has 0 atom stereocenters. The molecule has 0 heterocycles. The van der Waals surface area contributed by atoms with E-state index in [0.29, 0.717) is 5.75 Å². The lowest BCUT2D eigenvalue weighted by Crippen LogP contribution is -2.30. The van der Waals surface area contributed by atoms with E-state index in [1.807, 2.05) is 38.1 Å². The molecule has 0 unspecified atom stereocenters. The summed E-state index contributed by atoms with van der Waals surface area (Å²) in [4.78, 5) is 11.7. The molecule has 1 saturated carbocycles. The number of rotatable bonds is 4. The SMILES string of the molecule is Cc1cccc(OCC(=O)OC2(C)CCCC2)c1. The van der Waals surface area contributed by atoms with Crippen LogP contribution in [-0.2, 0) is 9.53 Å². The highest BCUT2D eigenvalue weighted by molar-refractivity contribution is 5.71. The number of hydrogen-bond donors (Lipinski definition) is 0. The van der Waals surface area contributed by atoms with Crippen LogP contribution in [0, 0.1) is 6.92 Å². The van der Waals surface area contributed by atoms with Crippen LogP contribution in [0.3, 0.4) is 0 Å². The number of aryl methyl sites for hydroxylation is 1. The Morgan fingerprint density at radius 2 is 2.06 bits per heavy atom. The standard InChI is InChI=1S/C15H20O3/c1-12-6-5-7-13(10-12)17-11-14(16)18-15(2)8-3-4-9-15/h5-7,10H,3-4,8-9,11H2,1-2H3. The highest BCUT2D eigenvalue weighted by Gasteiger charge is 2.32. The van der Waals surface area contributed by atoms with Gasteiger partial charge in [0.1, 0.15) is 11.4 Å². The molecule has 1 aliphatic rings. The topological polar surface area (TPSA) is 35.5 Å². The van der Waals surface area contributed by atoms with Gasteiger partial charge in [0.2, 0.25) is 0 Å². The predicted molar refractivity (Wildman–Crippen MR) is 69.6 cm³/mol. The van der Waals surface area contributed by atoms with E-state index < -0.39 is 0 Å². The first-order valence-corrected chi connectivity index (χ1v) is 6.49. The van der Waals surface area contributed by atoms with Crippen LogP contribution in [0.5, 0.6) is 5.75 Å². The van der Waals surface area contributed by atoms with Crippen LogP contribution in [0.15, 0.2) is 24.3 Å². The lowest BCUT2D eigenvalue weighted by molar-refractivity contribution is -0.159. The van der Waals surface area contributed by atoms with Crippen LogP contribution in [0.25, 0.3) is 0 Å². The molecule has 98 valence electrons. The summed E-state index contributed by atoms with van der Waals surface area (Å²) in [6, 6.07) is 7.65. The third-order valence-corrected chi connectivity index (χ3v) is 3.37. The zero-order chi connectivity index (χ0) is 13.0. The van der Waals surface area contributed by atoms with Gasteiger partial charge in [-0.1, -0.05) is 12.1 Å². The number of ether oxygens (including phenoxy) is 2. The Morgan fingerprint density at radius 3 is 2.72 bits per heavy atom.